The van der Waals surface area contributed by atoms with E-state index in [0.717, 1.165) is 5.56 Å². The lowest BCUT2D eigenvalue weighted by atomic mass is 10.2. The molecule has 0 amide bonds. The Balaban J connectivity index is 3.34. The van der Waals surface area contributed by atoms with Crippen LogP contribution in [0.3, 0.4) is 0 Å². The number of hydrogen-bond acceptors (Lipinski definition) is 4. The Bertz CT molecular complexity index is 381. The van der Waals surface area contributed by atoms with Crippen LogP contribution in [0.4, 0.5) is 5.69 Å². The molecule has 0 aliphatic heterocycles. The van der Waals surface area contributed by atoms with Crippen molar-refractivity contribution in [1.29, 1.82) is 0 Å². The lowest BCUT2D eigenvalue weighted by molar-refractivity contribution is -0.385. The van der Waals surface area contributed by atoms with Crippen LogP contribution in [0.15, 0.2) is 12.1 Å². The number of nitro benzene ring substituents is 1. The number of rotatable bonds is 4. The van der Waals surface area contributed by atoms with Gasteiger partial charge in [0.15, 0.2) is 5.75 Å². The Morgan fingerprint density at radius 2 is 1.93 bits per heavy atom. The predicted molar refractivity (Wildman–Crippen MR) is 58.8 cm³/mol. The Labute approximate surface area is 95.3 Å². The van der Waals surface area contributed by atoms with Crippen LogP contribution >= 0.6 is 15.9 Å². The molecule has 0 atom stereocenters. The predicted octanol–water partition coefficient (Wildman–Crippen LogP) is 2.51. The summed E-state index contributed by atoms with van der Waals surface area (Å²) in [5, 5.41) is 11.3. The van der Waals surface area contributed by atoms with Gasteiger partial charge >= 0.3 is 5.69 Å². The monoisotopic (exact) mass is 275 g/mol. The summed E-state index contributed by atoms with van der Waals surface area (Å²) >= 11 is 3.27. The van der Waals surface area contributed by atoms with Crippen LogP contribution in [-0.2, 0) is 5.33 Å². The quantitative estimate of drug-likeness (QED) is 0.481. The van der Waals surface area contributed by atoms with E-state index in [1.165, 1.54) is 20.3 Å². The molecule has 0 N–H and O–H groups in total. The largest absolute Gasteiger partial charge is 0.496 e. The molecular formula is C9H10BrNO4. The number of nitrogens with zero attached hydrogens (tertiary/aromatic N) is 1. The van der Waals surface area contributed by atoms with Crippen LogP contribution in [0.2, 0.25) is 0 Å². The van der Waals surface area contributed by atoms with Crippen LogP contribution < -0.4 is 9.47 Å². The first-order valence-electron chi connectivity index (χ1n) is 4.09. The number of halogens is 1. The molecule has 0 saturated heterocycles. The molecule has 1 aromatic carbocycles. The molecule has 1 rings (SSSR count). The second kappa shape index (κ2) is 4.97. The number of alkyl halides is 1. The maximum absolute atomic E-state index is 10.7. The highest BCUT2D eigenvalue weighted by Crippen LogP contribution is 2.35. The highest BCUT2D eigenvalue weighted by Gasteiger charge is 2.18. The van der Waals surface area contributed by atoms with Crippen LogP contribution in [0.1, 0.15) is 5.56 Å². The topological polar surface area (TPSA) is 61.6 Å². The van der Waals surface area contributed by atoms with Crippen molar-refractivity contribution in [3.8, 4) is 11.5 Å². The Morgan fingerprint density at radius 3 is 2.33 bits per heavy atom. The molecule has 0 aliphatic rings. The summed E-state index contributed by atoms with van der Waals surface area (Å²) in [6.07, 6.45) is 0. The lowest BCUT2D eigenvalue weighted by Crippen LogP contribution is -1.97. The number of nitro groups is 1. The van der Waals surface area contributed by atoms with E-state index in [1.54, 1.807) is 6.07 Å². The molecule has 0 heterocycles. The fourth-order valence-electron chi connectivity index (χ4n) is 1.19. The summed E-state index contributed by atoms with van der Waals surface area (Å²) in [6, 6.07) is 2.95. The third-order valence-corrected chi connectivity index (χ3v) is 2.53. The molecule has 0 unspecified atom stereocenters. The van der Waals surface area contributed by atoms with Gasteiger partial charge in [-0.05, 0) is 6.07 Å². The van der Waals surface area contributed by atoms with Crippen molar-refractivity contribution in [2.24, 2.45) is 0 Å². The SMILES string of the molecule is COc1cc([N+](=O)[O-])c(OC)cc1CBr. The second-order valence-electron chi connectivity index (χ2n) is 2.73. The molecule has 0 spiro atoms. The van der Waals surface area contributed by atoms with Gasteiger partial charge in [0.2, 0.25) is 0 Å². The Kier molecular flexibility index (Phi) is 3.90. The zero-order valence-electron chi connectivity index (χ0n) is 8.32. The standard InChI is InChI=1S/C9H10BrNO4/c1-14-8-4-7(11(12)13)9(15-2)3-6(8)5-10/h3-4H,5H2,1-2H3. The van der Waals surface area contributed by atoms with Gasteiger partial charge in [-0.3, -0.25) is 10.1 Å². The normalized spacial score (nSPS) is 9.80. The fraction of sp³-hybridized carbons (Fsp3) is 0.333. The molecule has 0 aromatic heterocycles. The maximum atomic E-state index is 10.7. The first kappa shape index (κ1) is 11.8. The minimum absolute atomic E-state index is 0.0981. The molecule has 5 nitrogen and oxygen atoms in total. The van der Waals surface area contributed by atoms with Gasteiger partial charge in [0.05, 0.1) is 25.2 Å². The van der Waals surface area contributed by atoms with Crippen LogP contribution in [-0.4, -0.2) is 19.1 Å². The van der Waals surface area contributed by atoms with Crippen molar-refractivity contribution in [2.45, 2.75) is 5.33 Å². The van der Waals surface area contributed by atoms with Crippen molar-refractivity contribution in [2.75, 3.05) is 14.2 Å². The smallest absolute Gasteiger partial charge is 0.314 e. The number of hydrogen-bond donors (Lipinski definition) is 0. The number of benzene rings is 1. The second-order valence-corrected chi connectivity index (χ2v) is 3.29. The van der Waals surface area contributed by atoms with Crippen molar-refractivity contribution in [1.82, 2.24) is 0 Å². The van der Waals surface area contributed by atoms with E-state index in [4.69, 9.17) is 9.47 Å². The molecule has 0 radical (unpaired) electrons. The van der Waals surface area contributed by atoms with E-state index in [2.05, 4.69) is 15.9 Å². The summed E-state index contributed by atoms with van der Waals surface area (Å²) in [4.78, 5) is 10.2. The van der Waals surface area contributed by atoms with E-state index in [9.17, 15) is 10.1 Å². The molecule has 6 heteroatoms. The van der Waals surface area contributed by atoms with Gasteiger partial charge in [0, 0.05) is 10.9 Å². The van der Waals surface area contributed by atoms with E-state index >= 15 is 0 Å². The number of methoxy groups -OCH3 is 2. The summed E-state index contributed by atoms with van der Waals surface area (Å²) < 4.78 is 9.97. The van der Waals surface area contributed by atoms with Crippen LogP contribution in [0, 0.1) is 10.1 Å². The van der Waals surface area contributed by atoms with E-state index in [1.807, 2.05) is 0 Å². The van der Waals surface area contributed by atoms with Gasteiger partial charge in [0.25, 0.3) is 0 Å². The highest BCUT2D eigenvalue weighted by atomic mass is 79.9. The lowest BCUT2D eigenvalue weighted by Gasteiger charge is -2.08. The van der Waals surface area contributed by atoms with E-state index < -0.39 is 4.92 Å². The highest BCUT2D eigenvalue weighted by molar-refractivity contribution is 9.08. The zero-order valence-corrected chi connectivity index (χ0v) is 9.91. The van der Waals surface area contributed by atoms with Gasteiger partial charge in [0.1, 0.15) is 5.75 Å². The average molecular weight is 276 g/mol. The van der Waals surface area contributed by atoms with Crippen molar-refractivity contribution in [3.05, 3.63) is 27.8 Å². The Morgan fingerprint density at radius 1 is 1.33 bits per heavy atom. The van der Waals surface area contributed by atoms with E-state index in [-0.39, 0.29) is 11.4 Å². The van der Waals surface area contributed by atoms with Gasteiger partial charge in [-0.2, -0.15) is 0 Å². The first-order chi connectivity index (χ1) is 7.13. The summed E-state index contributed by atoms with van der Waals surface area (Å²) in [7, 11) is 2.87. The Hall–Kier alpha value is -1.30. The molecular weight excluding hydrogens is 266 g/mol. The molecule has 0 bridgehead atoms. The van der Waals surface area contributed by atoms with E-state index in [0.29, 0.717) is 11.1 Å². The number of ether oxygens (including phenoxy) is 2. The first-order valence-corrected chi connectivity index (χ1v) is 5.21. The van der Waals surface area contributed by atoms with Crippen LogP contribution in [0.5, 0.6) is 11.5 Å². The van der Waals surface area contributed by atoms with Gasteiger partial charge in [-0.15, -0.1) is 0 Å². The minimum Gasteiger partial charge on any atom is -0.496 e. The summed E-state index contributed by atoms with van der Waals surface area (Å²) in [6.45, 7) is 0. The average Bonchev–Trinajstić information content (AvgIpc) is 2.26. The molecule has 0 fully saturated rings. The van der Waals surface area contributed by atoms with Gasteiger partial charge in [-0.25, -0.2) is 0 Å². The van der Waals surface area contributed by atoms with Crippen molar-refractivity contribution < 1.29 is 14.4 Å². The third-order valence-electron chi connectivity index (χ3n) is 1.92. The van der Waals surface area contributed by atoms with Crippen LogP contribution in [0.25, 0.3) is 0 Å². The van der Waals surface area contributed by atoms with Crippen molar-refractivity contribution in [3.63, 3.8) is 0 Å². The molecule has 0 aliphatic carbocycles. The summed E-state index contributed by atoms with van der Waals surface area (Å²) in [5.74, 6) is 0.703. The molecule has 0 saturated carbocycles. The maximum Gasteiger partial charge on any atom is 0.314 e. The van der Waals surface area contributed by atoms with Gasteiger partial charge in [-0.1, -0.05) is 15.9 Å². The fourth-order valence-corrected chi connectivity index (χ4v) is 1.63. The molecule has 1 aromatic rings. The third kappa shape index (κ3) is 2.38. The minimum atomic E-state index is -0.501. The van der Waals surface area contributed by atoms with Gasteiger partial charge < -0.3 is 9.47 Å². The van der Waals surface area contributed by atoms with Crippen molar-refractivity contribution >= 4 is 21.6 Å². The molecule has 82 valence electrons. The summed E-state index contributed by atoms with van der Waals surface area (Å²) in [5.41, 5.74) is 0.707. The zero-order chi connectivity index (χ0) is 11.4. The molecule has 15 heavy (non-hydrogen) atoms.